The fraction of sp³-hybridized carbons (Fsp3) is 0.0833. The van der Waals surface area contributed by atoms with Gasteiger partial charge in [0.1, 0.15) is 0 Å². The van der Waals surface area contributed by atoms with Crippen LogP contribution in [0.5, 0.6) is 0 Å². The number of hydrogen-bond acceptors (Lipinski definition) is 7. The molecule has 0 bridgehead atoms. The van der Waals surface area contributed by atoms with Gasteiger partial charge in [0.25, 0.3) is 5.56 Å². The predicted octanol–water partition coefficient (Wildman–Crippen LogP) is -0.0773. The van der Waals surface area contributed by atoms with Gasteiger partial charge in [0, 0.05) is 0 Å². The molecular weight excluding hydrogens is 282 g/mol. The van der Waals surface area contributed by atoms with Gasteiger partial charge in [0.15, 0.2) is 5.76 Å². The third-order valence-electron chi connectivity index (χ3n) is 3.09. The number of nitrogens with two attached hydrogens (primary N) is 2. The van der Waals surface area contributed by atoms with Crippen LogP contribution in [0.4, 0.5) is 5.69 Å². The van der Waals surface area contributed by atoms with Crippen molar-refractivity contribution in [3.05, 3.63) is 59.4 Å². The van der Waals surface area contributed by atoms with Crippen LogP contribution in [0.3, 0.4) is 0 Å². The number of H-pyrrole nitrogens is 1. The second-order valence-corrected chi connectivity index (χ2v) is 5.16. The number of hydrogen-bond donors (Lipinski definition) is 3. The van der Waals surface area contributed by atoms with Crippen molar-refractivity contribution >= 4 is 17.0 Å². The minimum atomic E-state index is -1.08. The molecule has 3 aromatic rings. The average molecular weight is 291 g/mol. The van der Waals surface area contributed by atoms with Crippen molar-refractivity contribution < 1.29 is 4.52 Å². The van der Waals surface area contributed by atoms with E-state index in [1.807, 2.05) is 5.38 Å². The summed E-state index contributed by atoms with van der Waals surface area (Å²) in [5.74, 6) is 0.255. The Bertz CT molecular complexity index is 896. The second kappa shape index (κ2) is 4.29. The van der Waals surface area contributed by atoms with E-state index in [9.17, 15) is 14.4 Å². The molecular formula is C12H9N3O4S. The highest BCUT2D eigenvalue weighted by Crippen LogP contribution is 2.31. The molecule has 3 rings (SSSR count). The number of thiophene rings is 1. The molecule has 0 aliphatic carbocycles. The summed E-state index contributed by atoms with van der Waals surface area (Å²) in [4.78, 5) is 35.2. The van der Waals surface area contributed by atoms with Gasteiger partial charge < -0.3 is 16.0 Å². The maximum atomic E-state index is 11.8. The van der Waals surface area contributed by atoms with E-state index >= 15 is 0 Å². The molecule has 0 saturated carbocycles. The Morgan fingerprint density at radius 1 is 1.20 bits per heavy atom. The van der Waals surface area contributed by atoms with Crippen LogP contribution < -0.4 is 27.9 Å². The van der Waals surface area contributed by atoms with Gasteiger partial charge >= 0.3 is 0 Å². The molecule has 1 aromatic carbocycles. The molecule has 0 amide bonds. The van der Waals surface area contributed by atoms with Crippen molar-refractivity contribution in [2.24, 2.45) is 5.73 Å². The quantitative estimate of drug-likeness (QED) is 0.578. The van der Waals surface area contributed by atoms with Crippen LogP contribution in [0.15, 0.2) is 36.4 Å². The normalized spacial score (nSPS) is 12.8. The summed E-state index contributed by atoms with van der Waals surface area (Å²) in [5.41, 5.74) is 9.16. The summed E-state index contributed by atoms with van der Waals surface area (Å²) in [5, 5.41) is 4.00. The largest absolute Gasteiger partial charge is 0.395 e. The first-order chi connectivity index (χ1) is 9.52. The summed E-state index contributed by atoms with van der Waals surface area (Å²) >= 11 is 1.35. The fourth-order valence-corrected chi connectivity index (χ4v) is 2.78. The summed E-state index contributed by atoms with van der Waals surface area (Å²) < 4.78 is 5.11. The van der Waals surface area contributed by atoms with Crippen molar-refractivity contribution in [3.63, 3.8) is 0 Å². The minimum Gasteiger partial charge on any atom is -0.395 e. The number of nitrogen functional groups attached to an aromatic ring is 1. The number of rotatable bonds is 3. The van der Waals surface area contributed by atoms with Crippen molar-refractivity contribution in [2.75, 3.05) is 5.73 Å². The van der Waals surface area contributed by atoms with Crippen molar-refractivity contribution in [3.8, 4) is 10.6 Å². The van der Waals surface area contributed by atoms with Gasteiger partial charge in [-0.3, -0.25) is 14.4 Å². The van der Waals surface area contributed by atoms with E-state index < -0.39 is 22.5 Å². The summed E-state index contributed by atoms with van der Waals surface area (Å²) in [6.45, 7) is 0. The standard InChI is InChI=1S/C12H9N3O4S/c13-7(5-8(14)10(17)9(5)16)6-11(19-15-12(6)18)4-2-1-3-20-4/h1-3,7H,13-14H2,(H,15,18). The van der Waals surface area contributed by atoms with Crippen LogP contribution in [0.2, 0.25) is 0 Å². The molecule has 2 heterocycles. The van der Waals surface area contributed by atoms with Crippen LogP contribution in [-0.4, -0.2) is 5.16 Å². The fourth-order valence-electron chi connectivity index (χ4n) is 2.06. The number of aromatic nitrogens is 1. The molecule has 7 nitrogen and oxygen atoms in total. The molecule has 0 spiro atoms. The third kappa shape index (κ3) is 1.59. The zero-order chi connectivity index (χ0) is 14.4. The van der Waals surface area contributed by atoms with Gasteiger partial charge in [-0.05, 0) is 11.4 Å². The maximum Gasteiger partial charge on any atom is 0.285 e. The second-order valence-electron chi connectivity index (χ2n) is 4.22. The van der Waals surface area contributed by atoms with Gasteiger partial charge in [-0.2, -0.15) is 5.16 Å². The summed E-state index contributed by atoms with van der Waals surface area (Å²) in [6, 6.07) is 2.45. The highest BCUT2D eigenvalue weighted by Gasteiger charge is 2.30. The van der Waals surface area contributed by atoms with Gasteiger partial charge in [0.2, 0.25) is 10.9 Å². The van der Waals surface area contributed by atoms with Gasteiger partial charge in [-0.15, -0.1) is 11.3 Å². The van der Waals surface area contributed by atoms with Crippen molar-refractivity contribution in [2.45, 2.75) is 6.04 Å². The smallest absolute Gasteiger partial charge is 0.285 e. The molecule has 1 atom stereocenters. The molecule has 5 N–H and O–H groups in total. The van der Waals surface area contributed by atoms with Gasteiger partial charge in [0.05, 0.1) is 27.7 Å². The SMILES string of the molecule is Nc1c(C(N)c2c(-c3cccs3)o[nH]c2=O)c(=O)c1=O. The van der Waals surface area contributed by atoms with Crippen LogP contribution in [0.25, 0.3) is 10.6 Å². The van der Waals surface area contributed by atoms with Crippen molar-refractivity contribution in [1.29, 1.82) is 0 Å². The van der Waals surface area contributed by atoms with E-state index in [1.54, 1.807) is 12.1 Å². The van der Waals surface area contributed by atoms with E-state index in [1.165, 1.54) is 11.3 Å². The Kier molecular flexibility index (Phi) is 2.70. The Labute approximate surface area is 115 Å². The minimum absolute atomic E-state index is 0.0419. The van der Waals surface area contributed by atoms with Gasteiger partial charge in [-0.25, -0.2) is 0 Å². The molecule has 0 saturated heterocycles. The molecule has 0 aliphatic rings. The topological polar surface area (TPSA) is 132 Å². The first-order valence-electron chi connectivity index (χ1n) is 5.62. The third-order valence-corrected chi connectivity index (χ3v) is 3.96. The predicted molar refractivity (Wildman–Crippen MR) is 74.4 cm³/mol. The molecule has 0 radical (unpaired) electrons. The number of aromatic amines is 1. The Balaban J connectivity index is 2.17. The first kappa shape index (κ1) is 12.6. The molecule has 0 aliphatic heterocycles. The Morgan fingerprint density at radius 3 is 2.55 bits per heavy atom. The first-order valence-corrected chi connectivity index (χ1v) is 6.49. The molecule has 1 unspecified atom stereocenters. The lowest BCUT2D eigenvalue weighted by molar-refractivity contribution is 0.426. The highest BCUT2D eigenvalue weighted by atomic mass is 32.1. The highest BCUT2D eigenvalue weighted by molar-refractivity contribution is 7.13. The van der Waals surface area contributed by atoms with Crippen LogP contribution in [0.1, 0.15) is 17.2 Å². The van der Waals surface area contributed by atoms with E-state index in [-0.39, 0.29) is 22.6 Å². The van der Waals surface area contributed by atoms with Crippen molar-refractivity contribution in [1.82, 2.24) is 5.16 Å². The number of nitrogens with one attached hydrogen (secondary N) is 1. The Hall–Kier alpha value is -2.45. The van der Waals surface area contributed by atoms with Gasteiger partial charge in [-0.1, -0.05) is 6.07 Å². The van der Waals surface area contributed by atoms with E-state index in [0.717, 1.165) is 0 Å². The molecule has 2 aromatic heterocycles. The molecule has 102 valence electrons. The van der Waals surface area contributed by atoms with E-state index in [2.05, 4.69) is 5.16 Å². The molecule has 20 heavy (non-hydrogen) atoms. The monoisotopic (exact) mass is 291 g/mol. The Morgan fingerprint density at radius 2 is 1.95 bits per heavy atom. The van der Waals surface area contributed by atoms with Crippen LogP contribution in [-0.2, 0) is 0 Å². The van der Waals surface area contributed by atoms with Crippen LogP contribution >= 0.6 is 11.3 Å². The number of anilines is 1. The lowest BCUT2D eigenvalue weighted by Crippen LogP contribution is -2.42. The lowest BCUT2D eigenvalue weighted by atomic mass is 9.94. The summed E-state index contributed by atoms with van der Waals surface area (Å²) in [7, 11) is 0. The zero-order valence-corrected chi connectivity index (χ0v) is 10.8. The molecule has 0 fully saturated rings. The summed E-state index contributed by atoms with van der Waals surface area (Å²) in [6.07, 6.45) is 0. The van der Waals surface area contributed by atoms with E-state index in [0.29, 0.717) is 4.88 Å². The average Bonchev–Trinajstić information content (AvgIpc) is 3.07. The zero-order valence-electron chi connectivity index (χ0n) is 10.0. The maximum absolute atomic E-state index is 11.8. The molecule has 8 heteroatoms. The van der Waals surface area contributed by atoms with E-state index in [4.69, 9.17) is 16.0 Å². The lowest BCUT2D eigenvalue weighted by Gasteiger charge is -2.13. The van der Waals surface area contributed by atoms with Crippen LogP contribution in [0, 0.1) is 0 Å².